The minimum Gasteiger partial charge on any atom is -0.490 e. The van der Waals surface area contributed by atoms with Gasteiger partial charge in [-0.1, -0.05) is 11.6 Å². The number of nitrogens with one attached hydrogen (secondary N) is 1. The standard InChI is InChI=1S/C42H42ClN7O7/c43-35-24-32(7-3-28(35)25-44)57-31-13-17-48(18-14-31)39(53)26-1-4-29(5-2-26)47-19-21-49(22-20-47)40(54)27-11-15-46(16-12-27)30-6-8-33-34(23-30)42(56)50(41(33)55)36-9-10-37(51)45-38(36)52/h1-8,23-24,27,31,36H,9-22H2,(H,45,51,52). The monoisotopic (exact) mass is 791 g/mol. The lowest BCUT2D eigenvalue weighted by Gasteiger charge is -2.40. The number of nitrogens with zero attached hydrogens (tertiary/aromatic N) is 6. The summed E-state index contributed by atoms with van der Waals surface area (Å²) in [6, 6.07) is 18.9. The van der Waals surface area contributed by atoms with E-state index in [2.05, 4.69) is 15.1 Å². The minimum absolute atomic E-state index is 0.0148. The number of imide groups is 2. The van der Waals surface area contributed by atoms with Crippen LogP contribution in [0.1, 0.15) is 75.2 Å². The molecule has 5 heterocycles. The number of anilines is 2. The largest absolute Gasteiger partial charge is 0.490 e. The summed E-state index contributed by atoms with van der Waals surface area (Å²) < 4.78 is 6.07. The van der Waals surface area contributed by atoms with Gasteiger partial charge < -0.3 is 24.3 Å². The molecule has 15 heteroatoms. The van der Waals surface area contributed by atoms with Gasteiger partial charge in [-0.15, -0.1) is 0 Å². The predicted octanol–water partition coefficient (Wildman–Crippen LogP) is 3.86. The average Bonchev–Trinajstić information content (AvgIpc) is 3.48. The number of likely N-dealkylation sites (tertiary alicyclic amines) is 1. The molecule has 8 rings (SSSR count). The Labute approximate surface area is 334 Å². The van der Waals surface area contributed by atoms with Gasteiger partial charge >= 0.3 is 0 Å². The van der Waals surface area contributed by atoms with Gasteiger partial charge in [0.15, 0.2) is 0 Å². The second-order valence-electron chi connectivity index (χ2n) is 15.2. The van der Waals surface area contributed by atoms with Gasteiger partial charge in [-0.3, -0.25) is 39.0 Å². The molecule has 0 radical (unpaired) electrons. The first kappa shape index (κ1) is 38.0. The third-order valence-electron chi connectivity index (χ3n) is 11.8. The summed E-state index contributed by atoms with van der Waals surface area (Å²) in [5.74, 6) is -1.47. The highest BCUT2D eigenvalue weighted by Crippen LogP contribution is 2.33. The summed E-state index contributed by atoms with van der Waals surface area (Å²) in [5, 5.41) is 11.7. The van der Waals surface area contributed by atoms with Gasteiger partial charge in [-0.05, 0) is 73.9 Å². The summed E-state index contributed by atoms with van der Waals surface area (Å²) in [6.07, 6.45) is 2.84. The average molecular weight is 792 g/mol. The zero-order valence-corrected chi connectivity index (χ0v) is 32.1. The van der Waals surface area contributed by atoms with Crippen molar-refractivity contribution in [2.24, 2.45) is 5.92 Å². The molecule has 3 aromatic carbocycles. The van der Waals surface area contributed by atoms with Gasteiger partial charge in [0.1, 0.15) is 24.0 Å². The van der Waals surface area contributed by atoms with E-state index in [1.165, 1.54) is 0 Å². The maximum Gasteiger partial charge on any atom is 0.262 e. The number of rotatable bonds is 7. The van der Waals surface area contributed by atoms with E-state index in [1.807, 2.05) is 40.1 Å². The molecule has 6 amide bonds. The number of halogens is 1. The Balaban J connectivity index is 0.785. The van der Waals surface area contributed by atoms with Crippen molar-refractivity contribution in [3.05, 3.63) is 87.9 Å². The van der Waals surface area contributed by atoms with E-state index in [0.29, 0.717) is 99.9 Å². The number of carbonyl (C=O) groups is 6. The van der Waals surface area contributed by atoms with Gasteiger partial charge in [0.2, 0.25) is 17.7 Å². The lowest BCUT2D eigenvalue weighted by molar-refractivity contribution is -0.137. The Kier molecular flexibility index (Phi) is 10.6. The van der Waals surface area contributed by atoms with Crippen LogP contribution in [-0.2, 0) is 14.4 Å². The second-order valence-corrected chi connectivity index (χ2v) is 15.6. The normalized spacial score (nSPS) is 20.7. The van der Waals surface area contributed by atoms with E-state index in [-0.39, 0.29) is 47.8 Å². The number of ether oxygens (including phenoxy) is 1. The third kappa shape index (κ3) is 7.64. The van der Waals surface area contributed by atoms with E-state index in [4.69, 9.17) is 21.6 Å². The summed E-state index contributed by atoms with van der Waals surface area (Å²) in [6.45, 7) is 4.99. The first-order chi connectivity index (χ1) is 27.6. The zero-order valence-electron chi connectivity index (χ0n) is 31.3. The molecule has 294 valence electrons. The molecule has 0 bridgehead atoms. The molecule has 5 aliphatic rings. The molecule has 1 atom stereocenters. The number of benzene rings is 3. The van der Waals surface area contributed by atoms with Crippen LogP contribution < -0.4 is 19.9 Å². The van der Waals surface area contributed by atoms with Crippen molar-refractivity contribution in [2.45, 2.75) is 50.7 Å². The fourth-order valence-corrected chi connectivity index (χ4v) is 8.72. The topological polar surface area (TPSA) is 164 Å². The molecule has 57 heavy (non-hydrogen) atoms. The van der Waals surface area contributed by atoms with Crippen LogP contribution in [0.15, 0.2) is 60.7 Å². The molecule has 1 unspecified atom stereocenters. The molecule has 14 nitrogen and oxygen atoms in total. The molecule has 5 aliphatic heterocycles. The van der Waals surface area contributed by atoms with E-state index >= 15 is 0 Å². The van der Waals surface area contributed by atoms with E-state index in [1.54, 1.807) is 36.4 Å². The van der Waals surface area contributed by atoms with Gasteiger partial charge in [0, 0.05) is 101 Å². The Bertz CT molecular complexity index is 2170. The predicted molar refractivity (Wildman–Crippen MR) is 209 cm³/mol. The summed E-state index contributed by atoms with van der Waals surface area (Å²) >= 11 is 6.15. The number of carbonyl (C=O) groups excluding carboxylic acids is 6. The molecule has 0 aromatic heterocycles. The van der Waals surface area contributed by atoms with Crippen LogP contribution >= 0.6 is 11.6 Å². The lowest BCUT2D eigenvalue weighted by atomic mass is 9.94. The number of piperidine rings is 3. The highest BCUT2D eigenvalue weighted by molar-refractivity contribution is 6.31. The fraction of sp³-hybridized carbons (Fsp3) is 0.405. The van der Waals surface area contributed by atoms with Crippen LogP contribution in [0.25, 0.3) is 0 Å². The molecule has 4 fully saturated rings. The number of amides is 6. The van der Waals surface area contributed by atoms with E-state index in [9.17, 15) is 28.8 Å². The smallest absolute Gasteiger partial charge is 0.262 e. The van der Waals surface area contributed by atoms with Gasteiger partial charge in [-0.25, -0.2) is 0 Å². The van der Waals surface area contributed by atoms with Crippen molar-refractivity contribution in [2.75, 3.05) is 62.2 Å². The second kappa shape index (κ2) is 15.9. The molecule has 0 aliphatic carbocycles. The Morgan fingerprint density at radius 3 is 2.05 bits per heavy atom. The Hall–Kier alpha value is -5.94. The van der Waals surface area contributed by atoms with Crippen molar-refractivity contribution < 1.29 is 33.5 Å². The number of hydrogen-bond donors (Lipinski definition) is 1. The Morgan fingerprint density at radius 2 is 1.39 bits per heavy atom. The molecule has 0 spiro atoms. The summed E-state index contributed by atoms with van der Waals surface area (Å²) in [7, 11) is 0. The molecular weight excluding hydrogens is 750 g/mol. The third-order valence-corrected chi connectivity index (χ3v) is 12.1. The quantitative estimate of drug-likeness (QED) is 0.348. The van der Waals surface area contributed by atoms with Crippen LogP contribution in [0, 0.1) is 17.2 Å². The van der Waals surface area contributed by atoms with Crippen molar-refractivity contribution in [1.29, 1.82) is 5.26 Å². The van der Waals surface area contributed by atoms with Crippen LogP contribution in [0.5, 0.6) is 5.75 Å². The van der Waals surface area contributed by atoms with E-state index < -0.39 is 29.7 Å². The van der Waals surface area contributed by atoms with Crippen LogP contribution in [0.3, 0.4) is 0 Å². The van der Waals surface area contributed by atoms with E-state index in [0.717, 1.165) is 16.3 Å². The van der Waals surface area contributed by atoms with Crippen LogP contribution in [-0.4, -0.2) is 115 Å². The van der Waals surface area contributed by atoms with Crippen molar-refractivity contribution in [3.63, 3.8) is 0 Å². The molecule has 1 N–H and O–H groups in total. The highest BCUT2D eigenvalue weighted by atomic mass is 35.5. The number of fused-ring (bicyclic) bond motifs is 1. The Morgan fingerprint density at radius 1 is 0.719 bits per heavy atom. The number of hydrogen-bond acceptors (Lipinski definition) is 10. The summed E-state index contributed by atoms with van der Waals surface area (Å²) in [4.78, 5) is 86.5. The summed E-state index contributed by atoms with van der Waals surface area (Å²) in [5.41, 5.74) is 3.32. The maximum atomic E-state index is 13.6. The first-order valence-corrected chi connectivity index (χ1v) is 19.9. The SMILES string of the molecule is N#Cc1ccc(OC2CCN(C(=O)c3ccc(N4CCN(C(=O)C5CCN(c6ccc7c(c6)C(=O)N(C6CCC(=O)NC6=O)C7=O)CC5)CC4)cc3)CC2)cc1Cl. The van der Waals surface area contributed by atoms with Gasteiger partial charge in [0.25, 0.3) is 17.7 Å². The fourth-order valence-electron chi connectivity index (χ4n) is 8.51. The molecule has 3 aromatic rings. The van der Waals surface area contributed by atoms with Crippen molar-refractivity contribution in [1.82, 2.24) is 20.0 Å². The van der Waals surface area contributed by atoms with Gasteiger partial charge in [-0.2, -0.15) is 5.26 Å². The van der Waals surface area contributed by atoms with Gasteiger partial charge in [0.05, 0.1) is 21.7 Å². The first-order valence-electron chi connectivity index (χ1n) is 19.5. The lowest BCUT2D eigenvalue weighted by Crippen LogP contribution is -2.54. The van der Waals surface area contributed by atoms with Crippen LogP contribution in [0.2, 0.25) is 5.02 Å². The van der Waals surface area contributed by atoms with Crippen molar-refractivity contribution in [3.8, 4) is 11.8 Å². The minimum atomic E-state index is -1.01. The molecule has 0 saturated carbocycles. The zero-order chi connectivity index (χ0) is 39.8. The van der Waals surface area contributed by atoms with Crippen LogP contribution in [0.4, 0.5) is 11.4 Å². The number of nitriles is 1. The molecular formula is C42H42ClN7O7. The van der Waals surface area contributed by atoms with Crippen molar-refractivity contribution >= 4 is 58.4 Å². The maximum absolute atomic E-state index is 13.6. The molecule has 4 saturated heterocycles. The highest BCUT2D eigenvalue weighted by Gasteiger charge is 2.45. The number of piperazine rings is 1.